The van der Waals surface area contributed by atoms with Gasteiger partial charge in [-0.25, -0.2) is 0 Å². The summed E-state index contributed by atoms with van der Waals surface area (Å²) in [5.41, 5.74) is 0.919. The first kappa shape index (κ1) is 17.5. The number of nitrogens with one attached hydrogen (secondary N) is 1. The van der Waals surface area contributed by atoms with Crippen LogP contribution in [0.4, 0.5) is 17.1 Å². The van der Waals surface area contributed by atoms with Crippen LogP contribution >= 0.6 is 15.9 Å². The van der Waals surface area contributed by atoms with Crippen LogP contribution in [0.25, 0.3) is 0 Å². The zero-order valence-electron chi connectivity index (χ0n) is 12.7. The van der Waals surface area contributed by atoms with Crippen molar-refractivity contribution >= 4 is 38.9 Å². The summed E-state index contributed by atoms with van der Waals surface area (Å²) in [4.78, 5) is 33.3. The molecule has 0 aliphatic heterocycles. The molecule has 0 aromatic heterocycles. The Hall–Kier alpha value is -2.81. The van der Waals surface area contributed by atoms with Gasteiger partial charge >= 0.3 is 0 Å². The van der Waals surface area contributed by atoms with E-state index < -0.39 is 15.8 Å². The molecular weight excluding hydrogens is 382 g/mol. The minimum Gasteiger partial charge on any atom is -0.316 e. The third-order valence-electron chi connectivity index (χ3n) is 3.55. The van der Waals surface area contributed by atoms with Crippen molar-refractivity contribution in [1.82, 2.24) is 0 Å². The number of benzene rings is 2. The van der Waals surface area contributed by atoms with Crippen LogP contribution in [-0.2, 0) is 0 Å². The molecule has 0 heterocycles. The third kappa shape index (κ3) is 3.40. The zero-order valence-corrected chi connectivity index (χ0v) is 14.3. The summed E-state index contributed by atoms with van der Waals surface area (Å²) >= 11 is 3.16. The van der Waals surface area contributed by atoms with Crippen LogP contribution in [0.3, 0.4) is 0 Å². The summed E-state index contributed by atoms with van der Waals surface area (Å²) < 4.78 is 0.346. The van der Waals surface area contributed by atoms with Crippen molar-refractivity contribution in [3.8, 4) is 0 Å². The summed E-state index contributed by atoms with van der Waals surface area (Å²) in [6.07, 6.45) is 0. The second-order valence-electron chi connectivity index (χ2n) is 5.03. The van der Waals surface area contributed by atoms with E-state index in [1.807, 2.05) is 0 Å². The van der Waals surface area contributed by atoms with Gasteiger partial charge in [-0.15, -0.1) is 0 Å². The fourth-order valence-electron chi connectivity index (χ4n) is 2.09. The van der Waals surface area contributed by atoms with Crippen LogP contribution in [0.2, 0.25) is 0 Å². The van der Waals surface area contributed by atoms with E-state index in [4.69, 9.17) is 0 Å². The van der Waals surface area contributed by atoms with E-state index in [0.29, 0.717) is 10.0 Å². The Bertz CT molecular complexity index is 866. The lowest BCUT2D eigenvalue weighted by Crippen LogP contribution is -2.15. The van der Waals surface area contributed by atoms with E-state index in [2.05, 4.69) is 21.2 Å². The first-order chi connectivity index (χ1) is 11.2. The van der Waals surface area contributed by atoms with Crippen molar-refractivity contribution in [1.29, 1.82) is 0 Å². The molecule has 2 aromatic rings. The number of carbonyl (C=O) groups is 1. The predicted molar refractivity (Wildman–Crippen MR) is 91.3 cm³/mol. The summed E-state index contributed by atoms with van der Waals surface area (Å²) in [7, 11) is 0. The van der Waals surface area contributed by atoms with Gasteiger partial charge < -0.3 is 5.32 Å². The molecular formula is C15H12BrN3O5. The molecule has 0 atom stereocenters. The number of aryl methyl sites for hydroxylation is 1. The Labute approximate surface area is 144 Å². The number of halogens is 1. The maximum absolute atomic E-state index is 12.5. The number of amides is 1. The van der Waals surface area contributed by atoms with Crippen molar-refractivity contribution in [3.05, 3.63) is 71.7 Å². The van der Waals surface area contributed by atoms with Gasteiger partial charge in [-0.1, -0.05) is 6.07 Å². The average molecular weight is 394 g/mol. The molecule has 2 rings (SSSR count). The van der Waals surface area contributed by atoms with Crippen molar-refractivity contribution in [2.24, 2.45) is 0 Å². The fraction of sp³-hybridized carbons (Fsp3) is 0.133. The normalized spacial score (nSPS) is 10.3. The molecule has 1 N–H and O–H groups in total. The lowest BCUT2D eigenvalue weighted by atomic mass is 10.1. The second kappa shape index (κ2) is 6.75. The van der Waals surface area contributed by atoms with Gasteiger partial charge in [0.25, 0.3) is 17.3 Å². The first-order valence-electron chi connectivity index (χ1n) is 6.72. The Balaban J connectivity index is 2.48. The molecule has 0 saturated heterocycles. The van der Waals surface area contributed by atoms with Crippen LogP contribution in [0.15, 0.2) is 34.8 Å². The van der Waals surface area contributed by atoms with Crippen molar-refractivity contribution in [2.75, 3.05) is 5.32 Å². The highest BCUT2D eigenvalue weighted by Crippen LogP contribution is 2.31. The Kier molecular flexibility index (Phi) is 4.93. The monoisotopic (exact) mass is 393 g/mol. The molecule has 0 spiro atoms. The Morgan fingerprint density at radius 2 is 1.75 bits per heavy atom. The Morgan fingerprint density at radius 1 is 1.08 bits per heavy atom. The SMILES string of the molecule is Cc1ccc([N+](=O)[O-])c(NC(=O)c2cc([N+](=O)[O-])ccc2Br)c1C. The number of hydrogen-bond acceptors (Lipinski definition) is 5. The largest absolute Gasteiger partial charge is 0.316 e. The number of nitro benzene ring substituents is 2. The number of rotatable bonds is 4. The van der Waals surface area contributed by atoms with Crippen LogP contribution in [0, 0.1) is 34.1 Å². The van der Waals surface area contributed by atoms with Crippen LogP contribution in [0.5, 0.6) is 0 Å². The molecule has 0 aliphatic rings. The maximum atomic E-state index is 12.5. The van der Waals surface area contributed by atoms with E-state index in [9.17, 15) is 25.0 Å². The van der Waals surface area contributed by atoms with Crippen LogP contribution < -0.4 is 5.32 Å². The van der Waals surface area contributed by atoms with Crippen molar-refractivity contribution in [3.63, 3.8) is 0 Å². The number of carbonyl (C=O) groups excluding carboxylic acids is 1. The van der Waals surface area contributed by atoms with Gasteiger partial charge in [0.15, 0.2) is 0 Å². The molecule has 124 valence electrons. The van der Waals surface area contributed by atoms with E-state index in [1.165, 1.54) is 18.2 Å². The van der Waals surface area contributed by atoms with Gasteiger partial charge in [0, 0.05) is 22.7 Å². The summed E-state index contributed by atoms with van der Waals surface area (Å²) in [6, 6.07) is 6.63. The lowest BCUT2D eigenvalue weighted by Gasteiger charge is -2.12. The standard InChI is InChI=1S/C15H12BrN3O5/c1-8-3-6-13(19(23)24)14(9(8)2)17-15(20)11-7-10(18(21)22)4-5-12(11)16/h3-7H,1-2H3,(H,17,20). The third-order valence-corrected chi connectivity index (χ3v) is 4.25. The summed E-state index contributed by atoms with van der Waals surface area (Å²) in [6.45, 7) is 3.42. The molecule has 0 fully saturated rings. The van der Waals surface area contributed by atoms with Gasteiger partial charge in [-0.3, -0.25) is 25.0 Å². The van der Waals surface area contributed by atoms with E-state index >= 15 is 0 Å². The molecule has 0 radical (unpaired) electrons. The smallest absolute Gasteiger partial charge is 0.293 e. The summed E-state index contributed by atoms with van der Waals surface area (Å²) in [5.74, 6) is -0.678. The molecule has 2 aromatic carbocycles. The minimum atomic E-state index is -0.678. The topological polar surface area (TPSA) is 115 Å². The molecule has 0 unspecified atom stereocenters. The van der Waals surface area contributed by atoms with Gasteiger partial charge in [0.1, 0.15) is 5.69 Å². The Morgan fingerprint density at radius 3 is 2.33 bits per heavy atom. The maximum Gasteiger partial charge on any atom is 0.293 e. The van der Waals surface area contributed by atoms with E-state index in [1.54, 1.807) is 19.9 Å². The molecule has 0 bridgehead atoms. The number of nitrogens with zero attached hydrogens (tertiary/aromatic N) is 2. The van der Waals surface area contributed by atoms with Crippen LogP contribution in [0.1, 0.15) is 21.5 Å². The molecule has 1 amide bonds. The highest BCUT2D eigenvalue weighted by atomic mass is 79.9. The zero-order chi connectivity index (χ0) is 18.0. The summed E-state index contributed by atoms with van der Waals surface area (Å²) in [5, 5.41) is 24.5. The highest BCUT2D eigenvalue weighted by Gasteiger charge is 2.22. The molecule has 0 saturated carbocycles. The number of non-ortho nitro benzene ring substituents is 1. The predicted octanol–water partition coefficient (Wildman–Crippen LogP) is 4.13. The van der Waals surface area contributed by atoms with Gasteiger partial charge in [0.2, 0.25) is 0 Å². The highest BCUT2D eigenvalue weighted by molar-refractivity contribution is 9.10. The minimum absolute atomic E-state index is 0.0133. The number of anilines is 1. The molecule has 9 heteroatoms. The van der Waals surface area contributed by atoms with Gasteiger partial charge in [-0.2, -0.15) is 0 Å². The van der Waals surface area contributed by atoms with Crippen molar-refractivity contribution in [2.45, 2.75) is 13.8 Å². The van der Waals surface area contributed by atoms with Gasteiger partial charge in [0.05, 0.1) is 15.4 Å². The molecule has 8 nitrogen and oxygen atoms in total. The molecule has 24 heavy (non-hydrogen) atoms. The lowest BCUT2D eigenvalue weighted by molar-refractivity contribution is -0.384. The average Bonchev–Trinajstić information content (AvgIpc) is 2.51. The second-order valence-corrected chi connectivity index (χ2v) is 5.89. The molecule has 0 aliphatic carbocycles. The first-order valence-corrected chi connectivity index (χ1v) is 7.51. The van der Waals surface area contributed by atoms with E-state index in [0.717, 1.165) is 11.6 Å². The number of hydrogen-bond donors (Lipinski definition) is 1. The van der Waals surface area contributed by atoms with E-state index in [-0.39, 0.29) is 22.6 Å². The number of nitro groups is 2. The van der Waals surface area contributed by atoms with Crippen molar-refractivity contribution < 1.29 is 14.6 Å². The van der Waals surface area contributed by atoms with Gasteiger partial charge in [-0.05, 0) is 47.0 Å². The fourth-order valence-corrected chi connectivity index (χ4v) is 2.52. The van der Waals surface area contributed by atoms with Crippen LogP contribution in [-0.4, -0.2) is 15.8 Å². The quantitative estimate of drug-likeness (QED) is 0.618.